The minimum absolute atomic E-state index is 0.377. The monoisotopic (exact) mass is 339 g/mol. The molecule has 2 rings (SSSR count). The van der Waals surface area contributed by atoms with Crippen molar-refractivity contribution >= 4 is 0 Å². The van der Waals surface area contributed by atoms with E-state index in [1.807, 2.05) is 0 Å². The predicted molar refractivity (Wildman–Crippen MR) is 102 cm³/mol. The van der Waals surface area contributed by atoms with Crippen molar-refractivity contribution in [2.45, 2.75) is 110 Å². The molecule has 1 saturated carbocycles. The maximum Gasteiger partial charge on any atom is 0.0603 e. The number of rotatable bonds is 9. The Bertz CT molecular complexity index is 284. The molecule has 1 aliphatic carbocycles. The number of unbranched alkanes of at least 4 members (excludes halogenated alkanes) is 1. The van der Waals surface area contributed by atoms with Gasteiger partial charge in [-0.25, -0.2) is 0 Å². The molecule has 1 heterocycles. The standard InChI is InChI=1S/C21H41NO2/c1-17(2)23-20-10-8-19(9-11-20)7-5-6-14-22-15-12-21(13-16-22)24-18(3)4/h17-21H,5-16H2,1-4H3/t19-,20-. The minimum Gasteiger partial charge on any atom is -0.376 e. The van der Waals surface area contributed by atoms with Gasteiger partial charge in [0.25, 0.3) is 0 Å². The van der Waals surface area contributed by atoms with Crippen molar-refractivity contribution in [3.05, 3.63) is 0 Å². The van der Waals surface area contributed by atoms with E-state index in [4.69, 9.17) is 9.47 Å². The highest BCUT2D eigenvalue weighted by molar-refractivity contribution is 4.75. The number of piperidine rings is 1. The first-order chi connectivity index (χ1) is 11.5. The lowest BCUT2D eigenvalue weighted by Crippen LogP contribution is -2.38. The van der Waals surface area contributed by atoms with Crippen molar-refractivity contribution in [2.24, 2.45) is 5.92 Å². The predicted octanol–water partition coefficient (Wildman–Crippen LogP) is 5.03. The summed E-state index contributed by atoms with van der Waals surface area (Å²) in [5.41, 5.74) is 0. The molecule has 3 heteroatoms. The maximum absolute atomic E-state index is 5.96. The molecule has 0 atom stereocenters. The fraction of sp³-hybridized carbons (Fsp3) is 1.00. The van der Waals surface area contributed by atoms with Crippen LogP contribution in [0.4, 0.5) is 0 Å². The normalized spacial score (nSPS) is 27.2. The van der Waals surface area contributed by atoms with Crippen LogP contribution >= 0.6 is 0 Å². The van der Waals surface area contributed by atoms with Gasteiger partial charge in [-0.15, -0.1) is 0 Å². The van der Waals surface area contributed by atoms with E-state index >= 15 is 0 Å². The lowest BCUT2D eigenvalue weighted by molar-refractivity contribution is -0.0272. The molecule has 0 aromatic carbocycles. The first-order valence-electron chi connectivity index (χ1n) is 10.6. The Morgan fingerprint density at radius 3 is 1.83 bits per heavy atom. The van der Waals surface area contributed by atoms with Gasteiger partial charge in [-0.05, 0) is 85.1 Å². The van der Waals surface area contributed by atoms with Crippen LogP contribution in [0.3, 0.4) is 0 Å². The topological polar surface area (TPSA) is 21.7 Å². The average Bonchev–Trinajstić information content (AvgIpc) is 2.53. The zero-order valence-electron chi connectivity index (χ0n) is 16.6. The summed E-state index contributed by atoms with van der Waals surface area (Å²) in [5, 5.41) is 0. The van der Waals surface area contributed by atoms with Gasteiger partial charge in [0, 0.05) is 13.1 Å². The molecular formula is C21H41NO2. The Kier molecular flexibility index (Phi) is 9.07. The summed E-state index contributed by atoms with van der Waals surface area (Å²) in [4.78, 5) is 2.65. The van der Waals surface area contributed by atoms with E-state index < -0.39 is 0 Å². The third-order valence-electron chi connectivity index (χ3n) is 5.59. The summed E-state index contributed by atoms with van der Waals surface area (Å²) in [5.74, 6) is 0.960. The molecule has 0 bridgehead atoms. The molecule has 0 unspecified atom stereocenters. The van der Waals surface area contributed by atoms with Gasteiger partial charge in [-0.2, -0.15) is 0 Å². The molecule has 2 fully saturated rings. The summed E-state index contributed by atoms with van der Waals surface area (Å²) in [7, 11) is 0. The van der Waals surface area contributed by atoms with Crippen LogP contribution in [0.25, 0.3) is 0 Å². The molecule has 0 amide bonds. The molecule has 142 valence electrons. The Morgan fingerprint density at radius 1 is 0.750 bits per heavy atom. The number of ether oxygens (including phenoxy) is 2. The van der Waals surface area contributed by atoms with Gasteiger partial charge in [0.2, 0.25) is 0 Å². The van der Waals surface area contributed by atoms with Crippen LogP contribution in [0.2, 0.25) is 0 Å². The number of likely N-dealkylation sites (tertiary alicyclic amines) is 1. The van der Waals surface area contributed by atoms with E-state index in [9.17, 15) is 0 Å². The lowest BCUT2D eigenvalue weighted by Gasteiger charge is -2.33. The van der Waals surface area contributed by atoms with Gasteiger partial charge in [0.1, 0.15) is 0 Å². The highest BCUT2D eigenvalue weighted by atomic mass is 16.5. The van der Waals surface area contributed by atoms with Gasteiger partial charge in [-0.3, -0.25) is 0 Å². The molecule has 24 heavy (non-hydrogen) atoms. The highest BCUT2D eigenvalue weighted by Gasteiger charge is 2.23. The highest BCUT2D eigenvalue weighted by Crippen LogP contribution is 2.30. The van der Waals surface area contributed by atoms with Gasteiger partial charge in [0.15, 0.2) is 0 Å². The molecule has 0 spiro atoms. The lowest BCUT2D eigenvalue weighted by atomic mass is 9.84. The first-order valence-corrected chi connectivity index (χ1v) is 10.6. The Labute approximate surface area is 150 Å². The van der Waals surface area contributed by atoms with Gasteiger partial charge in [-0.1, -0.05) is 12.8 Å². The first kappa shape index (κ1) is 20.2. The smallest absolute Gasteiger partial charge is 0.0603 e. The van der Waals surface area contributed by atoms with Crippen LogP contribution in [-0.2, 0) is 9.47 Å². The zero-order valence-corrected chi connectivity index (χ0v) is 16.6. The van der Waals surface area contributed by atoms with Crippen LogP contribution in [0.5, 0.6) is 0 Å². The Morgan fingerprint density at radius 2 is 1.29 bits per heavy atom. The third-order valence-corrected chi connectivity index (χ3v) is 5.59. The SMILES string of the molecule is CC(C)OC1CCN(CCCC[C@H]2CC[C@H](OC(C)C)CC2)CC1. The Balaban J connectivity index is 1.48. The molecule has 0 radical (unpaired) electrons. The Hall–Kier alpha value is -0.120. The second-order valence-electron chi connectivity index (χ2n) is 8.55. The van der Waals surface area contributed by atoms with Crippen molar-refractivity contribution in [1.82, 2.24) is 4.90 Å². The van der Waals surface area contributed by atoms with E-state index in [0.29, 0.717) is 24.4 Å². The van der Waals surface area contributed by atoms with Crippen molar-refractivity contribution in [2.75, 3.05) is 19.6 Å². The quantitative estimate of drug-likeness (QED) is 0.550. The van der Waals surface area contributed by atoms with Gasteiger partial charge in [0.05, 0.1) is 24.4 Å². The summed E-state index contributed by atoms with van der Waals surface area (Å²) in [6.07, 6.45) is 13.8. The number of hydrogen-bond donors (Lipinski definition) is 0. The van der Waals surface area contributed by atoms with Gasteiger partial charge < -0.3 is 14.4 Å². The average molecular weight is 340 g/mol. The summed E-state index contributed by atoms with van der Waals surface area (Å²) in [6, 6.07) is 0. The molecule has 1 aliphatic heterocycles. The summed E-state index contributed by atoms with van der Waals surface area (Å²) in [6.45, 7) is 12.4. The second-order valence-corrected chi connectivity index (χ2v) is 8.55. The molecule has 0 aromatic heterocycles. The van der Waals surface area contributed by atoms with Crippen molar-refractivity contribution in [3.8, 4) is 0 Å². The van der Waals surface area contributed by atoms with E-state index in [1.165, 1.54) is 77.4 Å². The molecular weight excluding hydrogens is 298 g/mol. The van der Waals surface area contributed by atoms with Crippen LogP contribution < -0.4 is 0 Å². The molecule has 2 aliphatic rings. The maximum atomic E-state index is 5.96. The molecule has 1 saturated heterocycles. The number of nitrogens with zero attached hydrogens (tertiary/aromatic N) is 1. The van der Waals surface area contributed by atoms with Crippen molar-refractivity contribution < 1.29 is 9.47 Å². The minimum atomic E-state index is 0.377. The summed E-state index contributed by atoms with van der Waals surface area (Å²) < 4.78 is 11.9. The molecule has 0 N–H and O–H groups in total. The van der Waals surface area contributed by atoms with Crippen molar-refractivity contribution in [1.29, 1.82) is 0 Å². The van der Waals surface area contributed by atoms with E-state index in [2.05, 4.69) is 32.6 Å². The third kappa shape index (κ3) is 7.84. The molecule has 3 nitrogen and oxygen atoms in total. The van der Waals surface area contributed by atoms with E-state index in [1.54, 1.807) is 0 Å². The van der Waals surface area contributed by atoms with Crippen LogP contribution in [0.15, 0.2) is 0 Å². The van der Waals surface area contributed by atoms with Crippen molar-refractivity contribution in [3.63, 3.8) is 0 Å². The second kappa shape index (κ2) is 10.8. The van der Waals surface area contributed by atoms with Crippen LogP contribution in [0, 0.1) is 5.92 Å². The fourth-order valence-electron chi connectivity index (χ4n) is 4.36. The fourth-order valence-corrected chi connectivity index (χ4v) is 4.36. The largest absolute Gasteiger partial charge is 0.376 e. The number of hydrogen-bond acceptors (Lipinski definition) is 3. The van der Waals surface area contributed by atoms with E-state index in [-0.39, 0.29) is 0 Å². The van der Waals surface area contributed by atoms with Crippen LogP contribution in [0.1, 0.15) is 85.5 Å². The van der Waals surface area contributed by atoms with Gasteiger partial charge >= 0.3 is 0 Å². The van der Waals surface area contributed by atoms with Crippen LogP contribution in [-0.4, -0.2) is 49.0 Å². The van der Waals surface area contributed by atoms with E-state index in [0.717, 1.165) is 5.92 Å². The zero-order chi connectivity index (χ0) is 17.4. The molecule has 0 aromatic rings. The summed E-state index contributed by atoms with van der Waals surface area (Å²) >= 11 is 0.